The second kappa shape index (κ2) is 13.6. The summed E-state index contributed by atoms with van der Waals surface area (Å²) in [6.45, 7) is 5.57. The molecule has 0 atom stereocenters. The smallest absolute Gasteiger partial charge is 0.282 e. The Balaban J connectivity index is 1.58. The standard InChI is InChI=1S/C34H30ClN5O6/c1-20(2)27-17-28(21(3)15-31(27)45-4)33-38-29-8-6-5-7-26(29)34(42)39(33)36-18-22-16-25(40(43)44)13-14-30(22)46-19-32(41)37-24-11-9-23(35)10-12-24/h5-18,20H,19H2,1-4H3,(H,37,41). The lowest BCUT2D eigenvalue weighted by Crippen LogP contribution is -2.21. The van der Waals surface area contributed by atoms with Gasteiger partial charge in [-0.15, -0.1) is 0 Å². The molecule has 0 aliphatic rings. The van der Waals surface area contributed by atoms with Crippen LogP contribution in [-0.2, 0) is 4.79 Å². The first-order valence-corrected chi connectivity index (χ1v) is 14.6. The number of nitro groups is 1. The van der Waals surface area contributed by atoms with Crippen molar-refractivity contribution in [1.29, 1.82) is 0 Å². The summed E-state index contributed by atoms with van der Waals surface area (Å²) in [6.07, 6.45) is 1.28. The van der Waals surface area contributed by atoms with Gasteiger partial charge >= 0.3 is 0 Å². The molecule has 0 saturated carbocycles. The predicted octanol–water partition coefficient (Wildman–Crippen LogP) is 6.97. The second-order valence-corrected chi connectivity index (χ2v) is 11.1. The molecule has 5 rings (SSSR count). The molecule has 11 nitrogen and oxygen atoms in total. The molecule has 1 amide bonds. The molecule has 234 valence electrons. The van der Waals surface area contributed by atoms with Crippen LogP contribution in [0.1, 0.15) is 36.5 Å². The molecule has 46 heavy (non-hydrogen) atoms. The highest BCUT2D eigenvalue weighted by Gasteiger charge is 2.19. The van der Waals surface area contributed by atoms with Crippen LogP contribution < -0.4 is 20.3 Å². The molecule has 0 fully saturated rings. The Labute approximate surface area is 269 Å². The van der Waals surface area contributed by atoms with Crippen molar-refractivity contribution in [3.63, 3.8) is 0 Å². The van der Waals surface area contributed by atoms with Gasteiger partial charge in [0.1, 0.15) is 11.5 Å². The number of non-ortho nitro benzene ring substituents is 1. The quantitative estimate of drug-likeness (QED) is 0.0989. The van der Waals surface area contributed by atoms with Crippen molar-refractivity contribution in [2.75, 3.05) is 19.0 Å². The lowest BCUT2D eigenvalue weighted by Gasteiger charge is -2.17. The molecule has 1 aromatic heterocycles. The van der Waals surface area contributed by atoms with Gasteiger partial charge in [-0.3, -0.25) is 19.7 Å². The summed E-state index contributed by atoms with van der Waals surface area (Å²) in [6, 6.07) is 21.2. The topological polar surface area (TPSA) is 138 Å². The molecule has 4 aromatic carbocycles. The molecule has 5 aromatic rings. The lowest BCUT2D eigenvalue weighted by atomic mass is 9.96. The Hall–Kier alpha value is -5.55. The van der Waals surface area contributed by atoms with Gasteiger partial charge in [0.15, 0.2) is 12.4 Å². The maximum absolute atomic E-state index is 13.9. The average molecular weight is 640 g/mol. The number of methoxy groups -OCH3 is 1. The third-order valence-corrected chi connectivity index (χ3v) is 7.45. The molecule has 1 heterocycles. The van der Waals surface area contributed by atoms with Gasteiger partial charge in [0, 0.05) is 34.0 Å². The van der Waals surface area contributed by atoms with E-state index in [0.29, 0.717) is 32.9 Å². The number of nitro benzene ring substituents is 1. The summed E-state index contributed by atoms with van der Waals surface area (Å²) in [4.78, 5) is 42.3. The van der Waals surface area contributed by atoms with Gasteiger partial charge in [0.25, 0.3) is 17.2 Å². The fourth-order valence-electron chi connectivity index (χ4n) is 4.85. The molecular formula is C34H30ClN5O6. The van der Waals surface area contributed by atoms with Crippen molar-refractivity contribution >= 4 is 46.0 Å². The molecule has 0 aliphatic heterocycles. The lowest BCUT2D eigenvalue weighted by molar-refractivity contribution is -0.384. The highest BCUT2D eigenvalue weighted by Crippen LogP contribution is 2.34. The molecule has 1 N–H and O–H groups in total. The first-order chi connectivity index (χ1) is 22.0. The number of halogens is 1. The maximum atomic E-state index is 13.9. The number of rotatable bonds is 10. The van der Waals surface area contributed by atoms with E-state index in [2.05, 4.69) is 10.4 Å². The number of nitrogens with zero attached hydrogens (tertiary/aromatic N) is 4. The summed E-state index contributed by atoms with van der Waals surface area (Å²) in [7, 11) is 1.61. The predicted molar refractivity (Wildman–Crippen MR) is 178 cm³/mol. The van der Waals surface area contributed by atoms with Crippen LogP contribution in [0.5, 0.6) is 11.5 Å². The number of aromatic nitrogens is 2. The summed E-state index contributed by atoms with van der Waals surface area (Å²) in [5.74, 6) is 0.786. The number of fused-ring (bicyclic) bond motifs is 1. The zero-order valence-electron chi connectivity index (χ0n) is 25.5. The molecular weight excluding hydrogens is 610 g/mol. The number of nitrogens with one attached hydrogen (secondary N) is 1. The molecule has 0 radical (unpaired) electrons. The Bertz CT molecular complexity index is 2040. The van der Waals surface area contributed by atoms with Crippen LogP contribution in [-0.4, -0.2) is 40.4 Å². The van der Waals surface area contributed by atoms with Gasteiger partial charge in [-0.2, -0.15) is 9.78 Å². The minimum absolute atomic E-state index is 0.111. The third-order valence-electron chi connectivity index (χ3n) is 7.20. The van der Waals surface area contributed by atoms with Crippen LogP contribution in [0.2, 0.25) is 5.02 Å². The van der Waals surface area contributed by atoms with Crippen molar-refractivity contribution in [3.8, 4) is 22.9 Å². The van der Waals surface area contributed by atoms with E-state index in [9.17, 15) is 19.7 Å². The molecule has 0 bridgehead atoms. The van der Waals surface area contributed by atoms with Crippen LogP contribution in [0.3, 0.4) is 0 Å². The first-order valence-electron chi connectivity index (χ1n) is 14.3. The fraction of sp³-hybridized carbons (Fsp3) is 0.176. The zero-order chi connectivity index (χ0) is 33.0. The number of aryl methyl sites for hydroxylation is 1. The van der Waals surface area contributed by atoms with E-state index in [4.69, 9.17) is 26.1 Å². The molecule has 0 unspecified atom stereocenters. The summed E-state index contributed by atoms with van der Waals surface area (Å²) in [5.41, 5.74) is 2.91. The van der Waals surface area contributed by atoms with Crippen LogP contribution in [0, 0.1) is 17.0 Å². The van der Waals surface area contributed by atoms with Gasteiger partial charge in [0.05, 0.1) is 29.2 Å². The maximum Gasteiger partial charge on any atom is 0.282 e. The number of carbonyl (C=O) groups is 1. The first kappa shape index (κ1) is 31.9. The van der Waals surface area contributed by atoms with Crippen molar-refractivity contribution in [1.82, 2.24) is 9.66 Å². The van der Waals surface area contributed by atoms with E-state index in [0.717, 1.165) is 15.8 Å². The molecule has 0 spiro atoms. The van der Waals surface area contributed by atoms with Crippen LogP contribution in [0.4, 0.5) is 11.4 Å². The Morgan fingerprint density at radius 1 is 1.09 bits per heavy atom. The van der Waals surface area contributed by atoms with E-state index in [1.807, 2.05) is 32.9 Å². The van der Waals surface area contributed by atoms with Gasteiger partial charge in [-0.1, -0.05) is 37.6 Å². The van der Waals surface area contributed by atoms with Gasteiger partial charge in [-0.05, 0) is 78.6 Å². The molecule has 0 saturated heterocycles. The van der Waals surface area contributed by atoms with E-state index >= 15 is 0 Å². The highest BCUT2D eigenvalue weighted by atomic mass is 35.5. The summed E-state index contributed by atoms with van der Waals surface area (Å²) < 4.78 is 12.5. The average Bonchev–Trinajstić information content (AvgIpc) is 3.04. The van der Waals surface area contributed by atoms with Crippen molar-refractivity contribution in [3.05, 3.63) is 121 Å². The molecule has 0 aliphatic carbocycles. The van der Waals surface area contributed by atoms with E-state index < -0.39 is 23.0 Å². The normalized spacial score (nSPS) is 11.3. The number of anilines is 1. The number of benzene rings is 4. The molecule has 12 heteroatoms. The second-order valence-electron chi connectivity index (χ2n) is 10.7. The van der Waals surface area contributed by atoms with E-state index in [1.54, 1.807) is 55.6 Å². The third kappa shape index (κ3) is 6.89. The van der Waals surface area contributed by atoms with Gasteiger partial charge < -0.3 is 14.8 Å². The van der Waals surface area contributed by atoms with E-state index in [-0.39, 0.29) is 28.7 Å². The van der Waals surface area contributed by atoms with E-state index in [1.165, 1.54) is 24.4 Å². The fourth-order valence-corrected chi connectivity index (χ4v) is 4.97. The number of carbonyl (C=O) groups excluding carboxylic acids is 1. The number of para-hydroxylation sites is 1. The minimum Gasteiger partial charge on any atom is -0.496 e. The van der Waals surface area contributed by atoms with Gasteiger partial charge in [-0.25, -0.2) is 4.98 Å². The zero-order valence-corrected chi connectivity index (χ0v) is 26.2. The van der Waals surface area contributed by atoms with Crippen molar-refractivity contribution < 1.29 is 19.2 Å². The Morgan fingerprint density at radius 3 is 2.52 bits per heavy atom. The Kier molecular flexibility index (Phi) is 9.43. The SMILES string of the molecule is COc1cc(C)c(-c2nc3ccccc3c(=O)n2N=Cc2cc([N+](=O)[O-])ccc2OCC(=O)Nc2ccc(Cl)cc2)cc1C(C)C. The number of hydrogen-bond donors (Lipinski definition) is 1. The van der Waals surface area contributed by atoms with Crippen LogP contribution in [0.25, 0.3) is 22.3 Å². The summed E-state index contributed by atoms with van der Waals surface area (Å²) >= 11 is 5.91. The van der Waals surface area contributed by atoms with Crippen LogP contribution in [0.15, 0.2) is 88.8 Å². The van der Waals surface area contributed by atoms with Crippen molar-refractivity contribution in [2.45, 2.75) is 26.7 Å². The minimum atomic E-state index is -0.558. The summed E-state index contributed by atoms with van der Waals surface area (Å²) in [5, 5.41) is 19.7. The van der Waals surface area contributed by atoms with Gasteiger partial charge in [0.2, 0.25) is 0 Å². The largest absolute Gasteiger partial charge is 0.496 e. The highest BCUT2D eigenvalue weighted by molar-refractivity contribution is 6.30. The number of hydrogen-bond acceptors (Lipinski definition) is 8. The van der Waals surface area contributed by atoms with Crippen LogP contribution >= 0.6 is 11.6 Å². The monoisotopic (exact) mass is 639 g/mol. The number of ether oxygens (including phenoxy) is 2. The number of amides is 1. The van der Waals surface area contributed by atoms with Crippen molar-refractivity contribution in [2.24, 2.45) is 5.10 Å². The Morgan fingerprint density at radius 2 is 1.83 bits per heavy atom.